The second-order valence-corrected chi connectivity index (χ2v) is 8.52. The number of alkyl halides is 3. The number of hydrogen-bond donors (Lipinski definition) is 1. The third kappa shape index (κ3) is 4.32. The highest BCUT2D eigenvalue weighted by Crippen LogP contribution is 2.43. The van der Waals surface area contributed by atoms with Crippen LogP contribution in [0.15, 0.2) is 60.7 Å². The molecule has 34 heavy (non-hydrogen) atoms. The molecule has 0 aliphatic carbocycles. The van der Waals surface area contributed by atoms with Crippen molar-refractivity contribution in [2.45, 2.75) is 24.7 Å². The van der Waals surface area contributed by atoms with Crippen molar-refractivity contribution < 1.29 is 22.4 Å². The molecule has 3 aromatic rings. The molecule has 10 heteroatoms. The van der Waals surface area contributed by atoms with Crippen molar-refractivity contribution >= 4 is 17.4 Å². The number of halogens is 4. The van der Waals surface area contributed by atoms with E-state index >= 15 is 0 Å². The Morgan fingerprint density at radius 3 is 2.29 bits per heavy atom. The summed E-state index contributed by atoms with van der Waals surface area (Å²) in [7, 11) is 0. The molecule has 1 amide bonds. The average molecular weight is 473 g/mol. The highest BCUT2D eigenvalue weighted by molar-refractivity contribution is 5.93. The maximum atomic E-state index is 13.9. The molecule has 0 bridgehead atoms. The van der Waals surface area contributed by atoms with Crippen LogP contribution in [0.4, 0.5) is 29.1 Å². The van der Waals surface area contributed by atoms with Crippen molar-refractivity contribution in [3.8, 4) is 0 Å². The molecule has 2 aliphatic heterocycles. The van der Waals surface area contributed by atoms with Crippen LogP contribution in [-0.4, -0.2) is 52.9 Å². The smallest absolute Gasteiger partial charge is 0.368 e. The van der Waals surface area contributed by atoms with Crippen molar-refractivity contribution in [2.75, 3.05) is 36.4 Å². The molecule has 1 N–H and O–H groups in total. The second-order valence-electron chi connectivity index (χ2n) is 8.52. The average Bonchev–Trinajstić information content (AvgIpc) is 3.27. The Balaban J connectivity index is 1.35. The van der Waals surface area contributed by atoms with E-state index in [1.54, 1.807) is 4.90 Å². The number of piperazine rings is 1. The summed E-state index contributed by atoms with van der Waals surface area (Å²) < 4.78 is 55.8. The van der Waals surface area contributed by atoms with Crippen LogP contribution >= 0.6 is 0 Å². The minimum atomic E-state index is -4.55. The quantitative estimate of drug-likeness (QED) is 0.563. The van der Waals surface area contributed by atoms with Gasteiger partial charge in [-0.05, 0) is 29.8 Å². The Labute approximate surface area is 193 Å². The molecule has 3 heterocycles. The van der Waals surface area contributed by atoms with Gasteiger partial charge in [0.1, 0.15) is 11.6 Å². The number of amides is 1. The number of aromatic nitrogens is 2. The zero-order valence-corrected chi connectivity index (χ0v) is 18.2. The van der Waals surface area contributed by atoms with Crippen LogP contribution in [0, 0.1) is 5.82 Å². The lowest BCUT2D eigenvalue weighted by Gasteiger charge is -2.35. The number of carbonyl (C=O) groups excluding carboxylic acids is 1. The molecule has 0 unspecified atom stereocenters. The molecular weight excluding hydrogens is 450 g/mol. The van der Waals surface area contributed by atoms with E-state index in [1.165, 1.54) is 30.3 Å². The number of carbonyl (C=O) groups is 1. The molecule has 6 nitrogen and oxygen atoms in total. The number of anilines is 2. The van der Waals surface area contributed by atoms with E-state index < -0.39 is 30.0 Å². The Morgan fingerprint density at radius 1 is 0.971 bits per heavy atom. The third-order valence-corrected chi connectivity index (χ3v) is 6.37. The number of rotatable bonds is 3. The van der Waals surface area contributed by atoms with Gasteiger partial charge in [-0.1, -0.05) is 30.3 Å². The van der Waals surface area contributed by atoms with Crippen LogP contribution < -0.4 is 10.2 Å². The minimum absolute atomic E-state index is 0.0235. The predicted octanol–water partition coefficient (Wildman–Crippen LogP) is 4.64. The Bertz CT molecular complexity index is 1150. The summed E-state index contributed by atoms with van der Waals surface area (Å²) in [4.78, 5) is 16.9. The fourth-order valence-electron chi connectivity index (χ4n) is 4.56. The summed E-state index contributed by atoms with van der Waals surface area (Å²) in [6.07, 6.45) is -4.87. The molecule has 0 spiro atoms. The van der Waals surface area contributed by atoms with Crippen molar-refractivity contribution in [2.24, 2.45) is 0 Å². The van der Waals surface area contributed by atoms with Gasteiger partial charge in [-0.2, -0.15) is 18.3 Å². The van der Waals surface area contributed by atoms with E-state index in [4.69, 9.17) is 0 Å². The number of hydrogen-bond acceptors (Lipinski definition) is 4. The molecule has 2 aromatic carbocycles. The zero-order chi connectivity index (χ0) is 23.9. The normalized spacial score (nSPS) is 20.6. The molecular formula is C24H23F4N5O. The van der Waals surface area contributed by atoms with Crippen LogP contribution in [0.1, 0.15) is 34.6 Å². The van der Waals surface area contributed by atoms with Crippen LogP contribution in [0.5, 0.6) is 0 Å². The van der Waals surface area contributed by atoms with Gasteiger partial charge in [-0.25, -0.2) is 9.07 Å². The van der Waals surface area contributed by atoms with Gasteiger partial charge in [0.05, 0.1) is 6.04 Å². The number of fused-ring (bicyclic) bond motifs is 1. The monoisotopic (exact) mass is 473 g/mol. The first-order valence-corrected chi connectivity index (χ1v) is 11.1. The molecule has 2 atom stereocenters. The van der Waals surface area contributed by atoms with Crippen molar-refractivity contribution in [3.63, 3.8) is 0 Å². The van der Waals surface area contributed by atoms with E-state index in [2.05, 4.69) is 15.3 Å². The highest BCUT2D eigenvalue weighted by Gasteiger charge is 2.47. The summed E-state index contributed by atoms with van der Waals surface area (Å²) in [5.41, 5.74) is 1.58. The number of benzene rings is 2. The van der Waals surface area contributed by atoms with Crippen LogP contribution in [0.2, 0.25) is 0 Å². The van der Waals surface area contributed by atoms with Gasteiger partial charge < -0.3 is 15.1 Å². The summed E-state index contributed by atoms with van der Waals surface area (Å²) in [6, 6.07) is 14.0. The first kappa shape index (κ1) is 22.2. The number of nitrogens with zero attached hydrogens (tertiary/aromatic N) is 4. The van der Waals surface area contributed by atoms with Gasteiger partial charge in [0.15, 0.2) is 11.7 Å². The Hall–Kier alpha value is -3.56. The van der Waals surface area contributed by atoms with E-state index in [0.29, 0.717) is 31.7 Å². The maximum Gasteiger partial charge on any atom is 0.410 e. The summed E-state index contributed by atoms with van der Waals surface area (Å²) in [6.45, 7) is 2.15. The van der Waals surface area contributed by atoms with Crippen LogP contribution in [0.3, 0.4) is 0 Å². The molecule has 1 saturated heterocycles. The first-order chi connectivity index (χ1) is 16.3. The van der Waals surface area contributed by atoms with Crippen molar-refractivity contribution in [3.05, 3.63) is 77.7 Å². The summed E-state index contributed by atoms with van der Waals surface area (Å²) in [5.74, 6) is -0.734. The highest BCUT2D eigenvalue weighted by atomic mass is 19.4. The lowest BCUT2D eigenvalue weighted by atomic mass is 9.97. The predicted molar refractivity (Wildman–Crippen MR) is 119 cm³/mol. The van der Waals surface area contributed by atoms with Gasteiger partial charge in [0, 0.05) is 44.4 Å². The van der Waals surface area contributed by atoms with Gasteiger partial charge in [0.25, 0.3) is 5.91 Å². The lowest BCUT2D eigenvalue weighted by molar-refractivity contribution is -0.173. The molecule has 0 saturated carbocycles. The molecule has 1 aromatic heterocycles. The van der Waals surface area contributed by atoms with Gasteiger partial charge in [-0.3, -0.25) is 4.79 Å². The maximum absolute atomic E-state index is 13.9. The van der Waals surface area contributed by atoms with Gasteiger partial charge in [-0.15, -0.1) is 0 Å². The SMILES string of the molecule is O=C(c1cc2n(n1)[C@@H](C(F)(F)F)C[C@H](c1ccc(F)cc1)N2)N1CCN(c2ccccc2)CC1. The topological polar surface area (TPSA) is 53.4 Å². The largest absolute Gasteiger partial charge is 0.410 e. The van der Waals surface area contributed by atoms with E-state index in [0.717, 1.165) is 10.4 Å². The standard InChI is InChI=1S/C24H23F4N5O/c25-17-8-6-16(7-9-17)19-14-21(24(26,27)28)33-22(29-19)15-20(30-33)23(34)32-12-10-31(11-13-32)18-4-2-1-3-5-18/h1-9,15,19,21,29H,10-14H2/t19-,21-/m1/s1. The fourth-order valence-corrected chi connectivity index (χ4v) is 4.56. The van der Waals surface area contributed by atoms with E-state index in [1.807, 2.05) is 30.3 Å². The van der Waals surface area contributed by atoms with Crippen LogP contribution in [-0.2, 0) is 0 Å². The summed E-state index contributed by atoms with van der Waals surface area (Å²) >= 11 is 0. The number of para-hydroxylation sites is 1. The Kier molecular flexibility index (Phi) is 5.66. The van der Waals surface area contributed by atoms with Crippen LogP contribution in [0.25, 0.3) is 0 Å². The fraction of sp³-hybridized carbons (Fsp3) is 0.333. The summed E-state index contributed by atoms with van der Waals surface area (Å²) in [5, 5.41) is 7.10. The molecule has 178 valence electrons. The second kappa shape index (κ2) is 8.66. The van der Waals surface area contributed by atoms with E-state index in [-0.39, 0.29) is 17.9 Å². The molecule has 2 aliphatic rings. The van der Waals surface area contributed by atoms with Crippen molar-refractivity contribution in [1.82, 2.24) is 14.7 Å². The lowest BCUT2D eigenvalue weighted by Crippen LogP contribution is -2.49. The third-order valence-electron chi connectivity index (χ3n) is 6.37. The van der Waals surface area contributed by atoms with E-state index in [9.17, 15) is 22.4 Å². The Morgan fingerprint density at radius 2 is 1.65 bits per heavy atom. The van der Waals surface area contributed by atoms with Crippen molar-refractivity contribution in [1.29, 1.82) is 0 Å². The molecule has 0 radical (unpaired) electrons. The minimum Gasteiger partial charge on any atom is -0.368 e. The van der Waals surface area contributed by atoms with Gasteiger partial charge >= 0.3 is 6.18 Å². The molecule has 1 fully saturated rings. The van der Waals surface area contributed by atoms with Gasteiger partial charge in [0.2, 0.25) is 0 Å². The molecule has 5 rings (SSSR count). The zero-order valence-electron chi connectivity index (χ0n) is 18.2. The first-order valence-electron chi connectivity index (χ1n) is 11.1. The number of nitrogens with one attached hydrogen (secondary N) is 1.